The fourth-order valence-corrected chi connectivity index (χ4v) is 8.64. The van der Waals surface area contributed by atoms with Crippen LogP contribution in [0, 0.1) is 0 Å². The van der Waals surface area contributed by atoms with Gasteiger partial charge in [-0.3, -0.25) is 23.7 Å². The number of aromatic amines is 1. The zero-order chi connectivity index (χ0) is 38.0. The Labute approximate surface area is 310 Å². The first-order valence-electron chi connectivity index (χ1n) is 14.6. The number of hydrogen-bond acceptors (Lipinski definition) is 18. The molecule has 1 unspecified atom stereocenters. The molecule has 2 aromatic rings. The molecule has 2 aliphatic rings. The van der Waals surface area contributed by atoms with Crippen molar-refractivity contribution >= 4 is 99.8 Å². The summed E-state index contributed by atoms with van der Waals surface area (Å²) in [5.41, 5.74) is -4.93. The van der Waals surface area contributed by atoms with E-state index >= 15 is 0 Å². The number of hydrogen-bond donors (Lipinski definition) is 4. The van der Waals surface area contributed by atoms with Gasteiger partial charge in [0.1, 0.15) is 28.3 Å². The third-order valence-electron chi connectivity index (χ3n) is 6.27. The summed E-state index contributed by atoms with van der Waals surface area (Å²) in [6, 6.07) is -1.24. The van der Waals surface area contributed by atoms with Crippen molar-refractivity contribution in [3.8, 4) is 0 Å². The van der Waals surface area contributed by atoms with E-state index in [1.165, 1.54) is 0 Å². The van der Waals surface area contributed by atoms with Crippen LogP contribution < -0.4 is 10.9 Å². The normalized spacial score (nSPS) is 18.4. The van der Waals surface area contributed by atoms with Crippen LogP contribution in [0.4, 0.5) is 0 Å². The standard InChI is InChI=1S/C28H32N6O12S5/c1-27(2,3)44-23(42)18-30-15(32-50-18)12(31-46-25(47-7)24(43)45-28(4,5)6)17(36)29-13-19(37)34-14(22(40)41)10(8-48-20(13)34)9-49-26-11(21(38)39)16(35)33-51-26/h13,20,25H,8-9H2,1-7H3,(H,29,36)(H,33,35)(H,38,39)(H,40,41)/t13-,20+,25?/m1/s1. The van der Waals surface area contributed by atoms with Crippen LogP contribution in [-0.2, 0) is 33.5 Å². The number of carboxylic acids is 2. The zero-order valence-corrected chi connectivity index (χ0v) is 32.0. The number of aliphatic carboxylic acids is 1. The number of esters is 2. The summed E-state index contributed by atoms with van der Waals surface area (Å²) in [5, 5.41) is 24.7. The summed E-state index contributed by atoms with van der Waals surface area (Å²) >= 11 is 4.42. The van der Waals surface area contributed by atoms with Crippen molar-refractivity contribution in [2.24, 2.45) is 5.16 Å². The molecule has 4 heterocycles. The Morgan fingerprint density at radius 1 is 1.08 bits per heavy atom. The van der Waals surface area contributed by atoms with E-state index in [2.05, 4.69) is 24.2 Å². The van der Waals surface area contributed by atoms with E-state index in [0.29, 0.717) is 17.1 Å². The average molecular weight is 805 g/mol. The van der Waals surface area contributed by atoms with E-state index in [4.69, 9.17) is 14.3 Å². The zero-order valence-electron chi connectivity index (χ0n) is 28.0. The van der Waals surface area contributed by atoms with Crippen molar-refractivity contribution in [1.29, 1.82) is 0 Å². The van der Waals surface area contributed by atoms with Crippen LogP contribution >= 0.6 is 58.4 Å². The number of carbonyl (C=O) groups is 6. The molecule has 4 rings (SSSR count). The molecule has 23 heteroatoms. The van der Waals surface area contributed by atoms with Gasteiger partial charge in [0.2, 0.25) is 16.5 Å². The fourth-order valence-electron chi connectivity index (χ4n) is 4.27. The van der Waals surface area contributed by atoms with Crippen molar-refractivity contribution in [2.45, 2.75) is 73.8 Å². The number of fused-ring (bicyclic) bond motifs is 1. The molecule has 2 amide bonds. The molecular weight excluding hydrogens is 773 g/mol. The maximum atomic E-state index is 13.7. The number of thioether (sulfide) groups is 3. The molecule has 0 aromatic carbocycles. The number of amides is 2. The Morgan fingerprint density at radius 3 is 2.33 bits per heavy atom. The second kappa shape index (κ2) is 15.8. The Kier molecular flexibility index (Phi) is 12.3. The average Bonchev–Trinajstić information content (AvgIpc) is 3.65. The van der Waals surface area contributed by atoms with Gasteiger partial charge in [0, 0.05) is 11.5 Å². The summed E-state index contributed by atoms with van der Waals surface area (Å²) in [5.74, 6) is -6.58. The highest BCUT2D eigenvalue weighted by Gasteiger charge is 2.54. The Hall–Kier alpha value is -3.93. The summed E-state index contributed by atoms with van der Waals surface area (Å²) in [6.07, 6.45) is 1.54. The minimum absolute atomic E-state index is 0.0336. The molecule has 0 spiro atoms. The maximum absolute atomic E-state index is 13.7. The Morgan fingerprint density at radius 2 is 1.75 bits per heavy atom. The third kappa shape index (κ3) is 9.50. The second-order valence-electron chi connectivity index (χ2n) is 12.5. The van der Waals surface area contributed by atoms with Crippen LogP contribution in [0.15, 0.2) is 25.4 Å². The van der Waals surface area contributed by atoms with Crippen LogP contribution in [0.3, 0.4) is 0 Å². The lowest BCUT2D eigenvalue weighted by molar-refractivity contribution is -0.162. The molecule has 3 atom stereocenters. The number of H-pyrrole nitrogens is 1. The number of oxime groups is 1. The van der Waals surface area contributed by atoms with Crippen LogP contribution in [0.5, 0.6) is 0 Å². The van der Waals surface area contributed by atoms with Gasteiger partial charge in [-0.2, -0.15) is 4.37 Å². The summed E-state index contributed by atoms with van der Waals surface area (Å²) in [7, 11) is 0. The lowest BCUT2D eigenvalue weighted by Crippen LogP contribution is -2.71. The van der Waals surface area contributed by atoms with Crippen LogP contribution in [-0.4, -0.2) is 116 Å². The topological polar surface area (TPSA) is 257 Å². The van der Waals surface area contributed by atoms with Gasteiger partial charge in [-0.25, -0.2) is 24.2 Å². The Balaban J connectivity index is 1.58. The first-order chi connectivity index (χ1) is 23.7. The number of aromatic carboxylic acids is 1. The van der Waals surface area contributed by atoms with E-state index in [9.17, 15) is 43.8 Å². The van der Waals surface area contributed by atoms with E-state index in [-0.39, 0.29) is 32.2 Å². The highest BCUT2D eigenvalue weighted by molar-refractivity contribution is 8.02. The van der Waals surface area contributed by atoms with Gasteiger partial charge in [0.25, 0.3) is 22.8 Å². The molecule has 2 aromatic heterocycles. The number of carbonyl (C=O) groups excluding carboxylic acids is 4. The molecule has 0 aliphatic carbocycles. The van der Waals surface area contributed by atoms with Crippen molar-refractivity contribution in [1.82, 2.24) is 23.9 Å². The Bertz CT molecular complexity index is 1870. The van der Waals surface area contributed by atoms with Gasteiger partial charge in [0.15, 0.2) is 5.56 Å². The van der Waals surface area contributed by atoms with Crippen molar-refractivity contribution in [3.63, 3.8) is 0 Å². The van der Waals surface area contributed by atoms with E-state index in [1.807, 2.05) is 0 Å². The van der Waals surface area contributed by atoms with Gasteiger partial charge in [-0.15, -0.1) is 35.3 Å². The predicted octanol–water partition coefficient (Wildman–Crippen LogP) is 2.22. The minimum atomic E-state index is -1.43. The molecule has 0 radical (unpaired) electrons. The summed E-state index contributed by atoms with van der Waals surface area (Å²) in [4.78, 5) is 98.5. The molecule has 18 nitrogen and oxygen atoms in total. The number of rotatable bonds is 13. The number of β-lactam (4-membered cyclic amide) rings is 1. The van der Waals surface area contributed by atoms with Crippen LogP contribution in [0.2, 0.25) is 0 Å². The highest BCUT2D eigenvalue weighted by Crippen LogP contribution is 2.42. The van der Waals surface area contributed by atoms with Gasteiger partial charge < -0.3 is 29.8 Å². The summed E-state index contributed by atoms with van der Waals surface area (Å²) < 4.78 is 17.2. The molecule has 276 valence electrons. The molecule has 1 saturated heterocycles. The van der Waals surface area contributed by atoms with Crippen LogP contribution in [0.25, 0.3) is 0 Å². The second-order valence-corrected chi connectivity index (χ2v) is 17.3. The molecule has 2 aliphatic heterocycles. The number of nitrogens with zero attached hydrogens (tertiary/aromatic N) is 4. The monoisotopic (exact) mass is 804 g/mol. The molecule has 4 N–H and O–H groups in total. The molecule has 1 fully saturated rings. The first kappa shape index (κ1) is 39.8. The third-order valence-corrected chi connectivity index (χ3v) is 11.3. The minimum Gasteiger partial charge on any atom is -0.477 e. The number of nitrogens with one attached hydrogen (secondary N) is 2. The van der Waals surface area contributed by atoms with E-state index < -0.39 is 80.6 Å². The highest BCUT2D eigenvalue weighted by atomic mass is 32.2. The quantitative estimate of drug-likeness (QED) is 0.0565. The first-order valence-corrected chi connectivity index (χ1v) is 19.5. The smallest absolute Gasteiger partial charge is 0.369 e. The maximum Gasteiger partial charge on any atom is 0.369 e. The van der Waals surface area contributed by atoms with Crippen molar-refractivity contribution in [3.05, 3.63) is 38.0 Å². The lowest BCUT2D eigenvalue weighted by atomic mass is 10.0. The van der Waals surface area contributed by atoms with Gasteiger partial charge in [-0.1, -0.05) is 16.7 Å². The number of carboxylic acid groups (broad SMARTS) is 2. The molecule has 0 saturated carbocycles. The summed E-state index contributed by atoms with van der Waals surface area (Å²) in [6.45, 7) is 9.90. The van der Waals surface area contributed by atoms with Crippen molar-refractivity contribution in [2.75, 3.05) is 17.8 Å². The number of ether oxygens (including phenoxy) is 2. The van der Waals surface area contributed by atoms with Gasteiger partial charge in [0.05, 0.1) is 4.21 Å². The largest absolute Gasteiger partial charge is 0.477 e. The van der Waals surface area contributed by atoms with E-state index in [0.717, 1.165) is 51.7 Å². The van der Waals surface area contributed by atoms with Crippen LogP contribution in [0.1, 0.15) is 67.5 Å². The molecular formula is C28H32N6O12S5. The predicted molar refractivity (Wildman–Crippen MR) is 188 cm³/mol. The SMILES string of the molecule is CSC(ON=C(C(=O)N[C@@H]1C(=O)N2C(C(=O)O)=C(CSc3s[nH]c(=O)c3C(=O)O)CS[C@@H]12)c1nsc(C(=O)OC(C)(C)C)n1)C(=O)OC(C)(C)C. The van der Waals surface area contributed by atoms with Crippen molar-refractivity contribution < 1.29 is 53.3 Å². The molecule has 51 heavy (non-hydrogen) atoms. The van der Waals surface area contributed by atoms with Gasteiger partial charge in [-0.05, 0) is 64.9 Å². The molecule has 0 bridgehead atoms. The lowest BCUT2D eigenvalue weighted by Gasteiger charge is -2.49. The number of aromatic nitrogens is 3. The van der Waals surface area contributed by atoms with Gasteiger partial charge >= 0.3 is 23.9 Å². The van der Waals surface area contributed by atoms with E-state index in [1.54, 1.807) is 47.8 Å². The fraction of sp³-hybridized carbons (Fsp3) is 0.500.